The average molecular weight is 364 g/mol. The molecule has 3 aliphatic rings. The lowest BCUT2D eigenvalue weighted by molar-refractivity contribution is 0.0442. The van der Waals surface area contributed by atoms with E-state index in [0.717, 1.165) is 28.2 Å². The van der Waals surface area contributed by atoms with E-state index in [4.69, 9.17) is 0 Å². The number of piperidine rings is 3. The number of halogens is 1. The average Bonchev–Trinajstić information content (AvgIpc) is 2.91. The van der Waals surface area contributed by atoms with Crippen LogP contribution in [-0.4, -0.2) is 30.3 Å². The van der Waals surface area contributed by atoms with Crippen LogP contribution in [0, 0.1) is 11.8 Å². The Kier molecular flexibility index (Phi) is 3.64. The second-order valence-corrected chi connectivity index (χ2v) is 8.32. The molecule has 0 N–H and O–H groups in total. The van der Waals surface area contributed by atoms with Crippen LogP contribution in [-0.2, 0) is 0 Å². The van der Waals surface area contributed by atoms with Gasteiger partial charge in [0, 0.05) is 22.1 Å². The van der Waals surface area contributed by atoms with Crippen molar-refractivity contribution in [2.24, 2.45) is 11.8 Å². The normalized spacial score (nSPS) is 28.1. The summed E-state index contributed by atoms with van der Waals surface area (Å²) in [6.45, 7) is 3.62. The first-order chi connectivity index (χ1) is 10.2. The summed E-state index contributed by atoms with van der Waals surface area (Å²) >= 11 is 5.13. The summed E-state index contributed by atoms with van der Waals surface area (Å²) in [6.07, 6.45) is 3.31. The molecular formula is C17H18BrNOS. The van der Waals surface area contributed by atoms with Gasteiger partial charge in [-0.1, -0.05) is 15.9 Å². The van der Waals surface area contributed by atoms with Gasteiger partial charge in [-0.3, -0.25) is 4.79 Å². The minimum absolute atomic E-state index is 0.339. The van der Waals surface area contributed by atoms with Crippen molar-refractivity contribution < 1.29 is 4.79 Å². The molecule has 1 aromatic carbocycles. The molecule has 2 aromatic rings. The van der Waals surface area contributed by atoms with Gasteiger partial charge < -0.3 is 4.90 Å². The number of hydrogen-bond acceptors (Lipinski definition) is 3. The Hall–Kier alpha value is -0.710. The van der Waals surface area contributed by atoms with Gasteiger partial charge in [-0.2, -0.15) is 0 Å². The van der Waals surface area contributed by atoms with Crippen molar-refractivity contribution in [2.45, 2.75) is 19.3 Å². The molecular weight excluding hydrogens is 346 g/mol. The Morgan fingerprint density at radius 3 is 2.81 bits per heavy atom. The molecule has 2 bridgehead atoms. The van der Waals surface area contributed by atoms with E-state index < -0.39 is 0 Å². The van der Waals surface area contributed by atoms with Crippen molar-refractivity contribution in [3.05, 3.63) is 33.6 Å². The fourth-order valence-electron chi connectivity index (χ4n) is 3.81. The highest BCUT2D eigenvalue weighted by Gasteiger charge is 2.35. The molecule has 1 unspecified atom stereocenters. The molecule has 0 spiro atoms. The molecule has 2 nitrogen and oxygen atoms in total. The van der Waals surface area contributed by atoms with Crippen LogP contribution in [0.4, 0.5) is 0 Å². The minimum Gasteiger partial charge on any atom is -0.303 e. The highest BCUT2D eigenvalue weighted by Crippen LogP contribution is 2.36. The maximum absolute atomic E-state index is 12.6. The number of hydrogen-bond donors (Lipinski definition) is 0. The van der Waals surface area contributed by atoms with Crippen LogP contribution in [0.2, 0.25) is 0 Å². The van der Waals surface area contributed by atoms with Crippen LogP contribution in [0.15, 0.2) is 28.7 Å². The van der Waals surface area contributed by atoms with Gasteiger partial charge in [0.1, 0.15) is 0 Å². The van der Waals surface area contributed by atoms with E-state index in [0.29, 0.717) is 11.7 Å². The Balaban J connectivity index is 1.53. The predicted molar refractivity (Wildman–Crippen MR) is 91.1 cm³/mol. The van der Waals surface area contributed by atoms with Crippen molar-refractivity contribution >= 4 is 43.1 Å². The van der Waals surface area contributed by atoms with Crippen LogP contribution in [0.5, 0.6) is 0 Å². The summed E-state index contributed by atoms with van der Waals surface area (Å²) in [5.41, 5.74) is 0. The smallest absolute Gasteiger partial charge is 0.173 e. The zero-order valence-corrected chi connectivity index (χ0v) is 14.3. The number of carbonyl (C=O) groups excluding carboxylic acids is 1. The van der Waals surface area contributed by atoms with Gasteiger partial charge in [0.25, 0.3) is 0 Å². The van der Waals surface area contributed by atoms with Crippen molar-refractivity contribution in [3.63, 3.8) is 0 Å². The van der Waals surface area contributed by atoms with E-state index in [-0.39, 0.29) is 0 Å². The van der Waals surface area contributed by atoms with Crippen LogP contribution in [0.1, 0.15) is 28.9 Å². The molecule has 4 heteroatoms. The van der Waals surface area contributed by atoms with Gasteiger partial charge in [0.05, 0.1) is 4.88 Å². The van der Waals surface area contributed by atoms with E-state index in [9.17, 15) is 4.79 Å². The molecule has 0 saturated carbocycles. The van der Waals surface area contributed by atoms with Crippen LogP contribution in [0.3, 0.4) is 0 Å². The second-order valence-electron chi connectivity index (χ2n) is 6.32. The van der Waals surface area contributed by atoms with Gasteiger partial charge in [-0.15, -0.1) is 11.3 Å². The number of ketones is 1. The molecule has 110 valence electrons. The molecule has 3 saturated heterocycles. The molecule has 5 rings (SSSR count). The van der Waals surface area contributed by atoms with E-state index in [1.165, 1.54) is 36.0 Å². The summed E-state index contributed by atoms with van der Waals surface area (Å²) in [4.78, 5) is 16.1. The monoisotopic (exact) mass is 363 g/mol. The zero-order valence-electron chi connectivity index (χ0n) is 11.8. The largest absolute Gasteiger partial charge is 0.303 e. The predicted octanol–water partition coefficient (Wildman–Crippen LogP) is 4.58. The Labute approximate surface area is 137 Å². The lowest BCUT2D eigenvalue weighted by atomic mass is 9.76. The van der Waals surface area contributed by atoms with Gasteiger partial charge in [0.2, 0.25) is 0 Å². The van der Waals surface area contributed by atoms with E-state index in [1.54, 1.807) is 11.3 Å². The first kappa shape index (κ1) is 13.9. The number of benzene rings is 1. The first-order valence-corrected chi connectivity index (χ1v) is 9.24. The van der Waals surface area contributed by atoms with Crippen LogP contribution in [0.25, 0.3) is 10.1 Å². The molecule has 0 amide bonds. The van der Waals surface area contributed by atoms with Crippen LogP contribution < -0.4 is 0 Å². The number of carbonyl (C=O) groups is 1. The zero-order chi connectivity index (χ0) is 14.4. The number of thiophene rings is 1. The molecule has 0 aliphatic carbocycles. The quantitative estimate of drug-likeness (QED) is 0.743. The second kappa shape index (κ2) is 5.49. The standard InChI is InChI=1S/C17H18BrNOS/c18-14-1-2-16-12(7-14)9-17(21-16)15(20)8-13-10-19-5-3-11(13)4-6-19/h1-2,7,9,11,13H,3-6,8,10H2. The van der Waals surface area contributed by atoms with Gasteiger partial charge in [-0.05, 0) is 67.4 Å². The molecule has 3 fully saturated rings. The van der Waals surface area contributed by atoms with Crippen molar-refractivity contribution in [1.29, 1.82) is 0 Å². The third kappa shape index (κ3) is 2.69. The number of rotatable bonds is 3. The van der Waals surface area contributed by atoms with Crippen molar-refractivity contribution in [1.82, 2.24) is 4.90 Å². The summed E-state index contributed by atoms with van der Waals surface area (Å²) in [6, 6.07) is 8.29. The number of Topliss-reactive ketones (excluding diaryl/α,β-unsaturated/α-hetero) is 1. The third-order valence-electron chi connectivity index (χ3n) is 4.99. The lowest BCUT2D eigenvalue weighted by Crippen LogP contribution is -2.47. The molecule has 3 aliphatic heterocycles. The Morgan fingerprint density at radius 1 is 1.29 bits per heavy atom. The highest BCUT2D eigenvalue weighted by atomic mass is 79.9. The molecule has 21 heavy (non-hydrogen) atoms. The van der Waals surface area contributed by atoms with E-state index in [1.807, 2.05) is 6.07 Å². The van der Waals surface area contributed by atoms with Crippen molar-refractivity contribution in [3.8, 4) is 0 Å². The summed E-state index contributed by atoms with van der Waals surface area (Å²) in [5, 5.41) is 1.17. The lowest BCUT2D eigenvalue weighted by Gasteiger charge is -2.44. The Morgan fingerprint density at radius 2 is 2.10 bits per heavy atom. The summed E-state index contributed by atoms with van der Waals surface area (Å²) < 4.78 is 2.28. The molecule has 1 aromatic heterocycles. The molecule has 1 atom stereocenters. The highest BCUT2D eigenvalue weighted by molar-refractivity contribution is 9.10. The van der Waals surface area contributed by atoms with Gasteiger partial charge >= 0.3 is 0 Å². The summed E-state index contributed by atoms with van der Waals surface area (Å²) in [7, 11) is 0. The van der Waals surface area contributed by atoms with Crippen LogP contribution >= 0.6 is 27.3 Å². The maximum Gasteiger partial charge on any atom is 0.173 e. The topological polar surface area (TPSA) is 20.3 Å². The van der Waals surface area contributed by atoms with E-state index in [2.05, 4.69) is 39.0 Å². The molecule has 0 radical (unpaired) electrons. The van der Waals surface area contributed by atoms with Crippen molar-refractivity contribution in [2.75, 3.05) is 19.6 Å². The third-order valence-corrected chi connectivity index (χ3v) is 6.64. The van der Waals surface area contributed by atoms with Gasteiger partial charge in [-0.25, -0.2) is 0 Å². The van der Waals surface area contributed by atoms with Gasteiger partial charge in [0.15, 0.2) is 5.78 Å². The SMILES string of the molecule is O=C(CC1CN2CCC1CC2)c1cc2cc(Br)ccc2s1. The number of fused-ring (bicyclic) bond motifs is 4. The summed E-state index contributed by atoms with van der Waals surface area (Å²) in [5.74, 6) is 1.70. The minimum atomic E-state index is 0.339. The fourth-order valence-corrected chi connectivity index (χ4v) is 5.18. The Bertz CT molecular complexity index is 687. The first-order valence-electron chi connectivity index (χ1n) is 7.64. The maximum atomic E-state index is 12.6. The fraction of sp³-hybridized carbons (Fsp3) is 0.471. The van der Waals surface area contributed by atoms with E-state index >= 15 is 0 Å². The molecule has 4 heterocycles. The number of nitrogens with zero attached hydrogens (tertiary/aromatic N) is 1.